The minimum atomic E-state index is -0.560. The first-order valence-corrected chi connectivity index (χ1v) is 5.14. The van der Waals surface area contributed by atoms with Gasteiger partial charge in [-0.15, -0.1) is 0 Å². The Morgan fingerprint density at radius 3 is 1.19 bits per heavy atom. The Bertz CT molecular complexity index is 259. The van der Waals surface area contributed by atoms with Crippen LogP contribution in [0.25, 0.3) is 0 Å². The number of carbonyl (C=O) groups excluding carboxylic acids is 2. The Hall–Kier alpha value is -1.32. The van der Waals surface area contributed by atoms with Gasteiger partial charge in [0.2, 0.25) is 0 Å². The zero-order valence-electron chi connectivity index (χ0n) is 10.8. The third-order valence-electron chi connectivity index (χ3n) is 1.17. The molecule has 0 heterocycles. The summed E-state index contributed by atoms with van der Waals surface area (Å²) >= 11 is 0. The molecule has 0 amide bonds. The molecule has 4 nitrogen and oxygen atoms in total. The molecule has 0 aromatic heterocycles. The Morgan fingerprint density at radius 2 is 1.00 bits per heavy atom. The van der Waals surface area contributed by atoms with Gasteiger partial charge < -0.3 is 9.47 Å². The minimum Gasteiger partial charge on any atom is -0.457 e. The highest BCUT2D eigenvalue weighted by Crippen LogP contribution is 2.09. The molecule has 0 saturated carbocycles. The molecule has 92 valence electrons. The lowest BCUT2D eigenvalue weighted by Gasteiger charge is -2.19. The lowest BCUT2D eigenvalue weighted by molar-refractivity contribution is -0.151. The molecule has 0 aliphatic heterocycles. The highest BCUT2D eigenvalue weighted by Gasteiger charge is 2.16. The van der Waals surface area contributed by atoms with Crippen molar-refractivity contribution in [1.29, 1.82) is 0 Å². The van der Waals surface area contributed by atoms with Crippen LogP contribution in [0.4, 0.5) is 0 Å². The van der Waals surface area contributed by atoms with Crippen LogP contribution in [0.2, 0.25) is 0 Å². The van der Waals surface area contributed by atoms with E-state index in [1.54, 1.807) is 41.5 Å². The first kappa shape index (κ1) is 14.7. The fraction of sp³-hybridized carbons (Fsp3) is 0.667. The number of hydrogen-bond acceptors (Lipinski definition) is 4. The van der Waals surface area contributed by atoms with Gasteiger partial charge in [0.15, 0.2) is 0 Å². The number of hydrogen-bond donors (Lipinski definition) is 0. The first-order valence-electron chi connectivity index (χ1n) is 5.14. The van der Waals surface area contributed by atoms with E-state index in [2.05, 4.69) is 0 Å². The number of ether oxygens (including phenoxy) is 2. The van der Waals surface area contributed by atoms with Gasteiger partial charge in [-0.05, 0) is 41.5 Å². The van der Waals surface area contributed by atoms with E-state index in [1.807, 2.05) is 0 Å². The molecule has 0 spiro atoms. The van der Waals surface area contributed by atoms with Crippen LogP contribution in [0, 0.1) is 0 Å². The Morgan fingerprint density at radius 1 is 0.750 bits per heavy atom. The molecule has 0 radical (unpaired) electrons. The molecule has 0 aromatic rings. The summed E-state index contributed by atoms with van der Waals surface area (Å²) in [6.45, 7) is 10.5. The summed E-state index contributed by atoms with van der Waals surface area (Å²) < 4.78 is 9.97. The fourth-order valence-corrected chi connectivity index (χ4v) is 0.808. The van der Waals surface area contributed by atoms with E-state index >= 15 is 0 Å². The third-order valence-corrected chi connectivity index (χ3v) is 1.17. The van der Waals surface area contributed by atoms with Gasteiger partial charge in [-0.1, -0.05) is 0 Å². The predicted molar refractivity (Wildman–Crippen MR) is 60.8 cm³/mol. The average Bonchev–Trinajstić information content (AvgIpc) is 1.94. The van der Waals surface area contributed by atoms with Crippen molar-refractivity contribution in [2.24, 2.45) is 0 Å². The number of rotatable bonds is 2. The maximum Gasteiger partial charge on any atom is 0.331 e. The van der Waals surface area contributed by atoms with E-state index in [-0.39, 0.29) is 0 Å². The van der Waals surface area contributed by atoms with Crippen LogP contribution < -0.4 is 0 Å². The Labute approximate surface area is 96.6 Å². The van der Waals surface area contributed by atoms with Gasteiger partial charge in [0, 0.05) is 12.2 Å². The van der Waals surface area contributed by atoms with E-state index in [9.17, 15) is 9.59 Å². The molecule has 0 saturated heterocycles. The second-order valence-corrected chi connectivity index (χ2v) is 5.40. The van der Waals surface area contributed by atoms with Gasteiger partial charge >= 0.3 is 11.9 Å². The van der Waals surface area contributed by atoms with Crippen LogP contribution in [-0.2, 0) is 19.1 Å². The Kier molecular flexibility index (Phi) is 4.72. The van der Waals surface area contributed by atoms with Crippen molar-refractivity contribution in [2.45, 2.75) is 52.7 Å². The number of esters is 2. The highest BCUT2D eigenvalue weighted by molar-refractivity contribution is 5.91. The molecular weight excluding hydrogens is 208 g/mol. The normalized spacial score (nSPS) is 12.6. The molecule has 0 N–H and O–H groups in total. The summed E-state index contributed by atoms with van der Waals surface area (Å²) in [5.41, 5.74) is -1.12. The molecule has 0 bridgehead atoms. The SMILES string of the molecule is CC(C)(C)OC(=O)/C=C/C(=O)OC(C)(C)C. The van der Waals surface area contributed by atoms with Crippen molar-refractivity contribution in [3.63, 3.8) is 0 Å². The zero-order valence-corrected chi connectivity index (χ0v) is 10.8. The van der Waals surface area contributed by atoms with Crippen molar-refractivity contribution < 1.29 is 19.1 Å². The first-order chi connectivity index (χ1) is 6.99. The lowest BCUT2D eigenvalue weighted by atomic mass is 10.2. The molecule has 0 aliphatic rings. The van der Waals surface area contributed by atoms with Gasteiger partial charge in [-0.25, -0.2) is 9.59 Å². The molecule has 0 aromatic carbocycles. The van der Waals surface area contributed by atoms with Gasteiger partial charge in [-0.2, -0.15) is 0 Å². The van der Waals surface area contributed by atoms with Crippen LogP contribution in [0.15, 0.2) is 12.2 Å². The van der Waals surface area contributed by atoms with Crippen LogP contribution in [0.1, 0.15) is 41.5 Å². The molecule has 0 aliphatic carbocycles. The second kappa shape index (κ2) is 5.14. The number of carbonyl (C=O) groups is 2. The largest absolute Gasteiger partial charge is 0.457 e. The third kappa shape index (κ3) is 9.24. The smallest absolute Gasteiger partial charge is 0.331 e. The molecule has 4 heteroatoms. The minimum absolute atomic E-state index is 0.557. The molecule has 0 unspecified atom stereocenters. The molecule has 0 atom stereocenters. The van der Waals surface area contributed by atoms with Gasteiger partial charge in [-0.3, -0.25) is 0 Å². The van der Waals surface area contributed by atoms with E-state index in [4.69, 9.17) is 9.47 Å². The van der Waals surface area contributed by atoms with Gasteiger partial charge in [0.25, 0.3) is 0 Å². The molecule has 16 heavy (non-hydrogen) atoms. The van der Waals surface area contributed by atoms with Crippen LogP contribution >= 0.6 is 0 Å². The summed E-state index contributed by atoms with van der Waals surface area (Å²) in [7, 11) is 0. The summed E-state index contributed by atoms with van der Waals surface area (Å²) in [6, 6.07) is 0. The summed E-state index contributed by atoms with van der Waals surface area (Å²) in [4.78, 5) is 22.4. The van der Waals surface area contributed by atoms with E-state index in [0.29, 0.717) is 0 Å². The van der Waals surface area contributed by atoms with Gasteiger partial charge in [0.1, 0.15) is 11.2 Å². The monoisotopic (exact) mass is 228 g/mol. The second-order valence-electron chi connectivity index (χ2n) is 5.40. The fourth-order valence-electron chi connectivity index (χ4n) is 0.808. The quantitative estimate of drug-likeness (QED) is 0.537. The van der Waals surface area contributed by atoms with Crippen molar-refractivity contribution in [3.05, 3.63) is 12.2 Å². The lowest BCUT2D eigenvalue weighted by Crippen LogP contribution is -2.24. The van der Waals surface area contributed by atoms with E-state index in [0.717, 1.165) is 12.2 Å². The Balaban J connectivity index is 4.20. The van der Waals surface area contributed by atoms with Crippen molar-refractivity contribution in [3.8, 4) is 0 Å². The topological polar surface area (TPSA) is 52.6 Å². The van der Waals surface area contributed by atoms with E-state index < -0.39 is 23.1 Å². The van der Waals surface area contributed by atoms with Crippen LogP contribution in [0.3, 0.4) is 0 Å². The summed E-state index contributed by atoms with van der Waals surface area (Å²) in [5, 5.41) is 0. The maximum absolute atomic E-state index is 11.2. The van der Waals surface area contributed by atoms with Crippen molar-refractivity contribution in [2.75, 3.05) is 0 Å². The maximum atomic E-state index is 11.2. The van der Waals surface area contributed by atoms with Crippen molar-refractivity contribution >= 4 is 11.9 Å². The highest BCUT2D eigenvalue weighted by atomic mass is 16.6. The molecular formula is C12H20O4. The summed E-state index contributed by atoms with van der Waals surface area (Å²) in [6.07, 6.45) is 2.14. The molecule has 0 rings (SSSR count). The zero-order chi connectivity index (χ0) is 13.0. The van der Waals surface area contributed by atoms with Gasteiger partial charge in [0.05, 0.1) is 0 Å². The average molecular weight is 228 g/mol. The van der Waals surface area contributed by atoms with Crippen LogP contribution in [0.5, 0.6) is 0 Å². The van der Waals surface area contributed by atoms with Crippen LogP contribution in [-0.4, -0.2) is 23.1 Å². The summed E-state index contributed by atoms with van der Waals surface area (Å²) in [5.74, 6) is -1.11. The predicted octanol–water partition coefficient (Wildman–Crippen LogP) is 2.23. The van der Waals surface area contributed by atoms with E-state index in [1.165, 1.54) is 0 Å². The standard InChI is InChI=1S/C12H20O4/c1-11(2,3)15-9(13)7-8-10(14)16-12(4,5)6/h7-8H,1-6H3/b8-7+. The van der Waals surface area contributed by atoms with Crippen molar-refractivity contribution in [1.82, 2.24) is 0 Å². The molecule has 0 fully saturated rings.